The van der Waals surface area contributed by atoms with Gasteiger partial charge in [-0.05, 0) is 37.6 Å². The van der Waals surface area contributed by atoms with Crippen molar-refractivity contribution in [3.63, 3.8) is 0 Å². The van der Waals surface area contributed by atoms with E-state index >= 15 is 0 Å². The van der Waals surface area contributed by atoms with Crippen LogP contribution in [-0.4, -0.2) is 49.7 Å². The molecule has 0 spiro atoms. The molecule has 8 nitrogen and oxygen atoms in total. The molecule has 3 aromatic rings. The average Bonchev–Trinajstić information content (AvgIpc) is 3.09. The molecule has 0 saturated heterocycles. The standard InChI is InChI=1S/C20H28ClN5O3Si/c1-20(2,28)12-26-18(27)15-6-7-22-16(17(15)24-19(26)21)14-10-23-25(11-14)13-29-8-9-30(3,4)5/h6-7,10-11,28H,8-9,12-13H2,1-5H3. The van der Waals surface area contributed by atoms with E-state index in [0.29, 0.717) is 29.9 Å². The van der Waals surface area contributed by atoms with Crippen molar-refractivity contribution in [2.75, 3.05) is 6.61 Å². The molecule has 0 radical (unpaired) electrons. The fourth-order valence-electron chi connectivity index (χ4n) is 2.95. The molecular weight excluding hydrogens is 422 g/mol. The van der Waals surface area contributed by atoms with Gasteiger partial charge in [-0.2, -0.15) is 5.10 Å². The van der Waals surface area contributed by atoms with Crippen molar-refractivity contribution in [2.45, 2.75) is 58.4 Å². The highest BCUT2D eigenvalue weighted by Gasteiger charge is 2.20. The highest BCUT2D eigenvalue weighted by molar-refractivity contribution is 6.76. The summed E-state index contributed by atoms with van der Waals surface area (Å²) in [5.41, 5.74) is 0.222. The van der Waals surface area contributed by atoms with Crippen LogP contribution in [0.4, 0.5) is 0 Å². The lowest BCUT2D eigenvalue weighted by Crippen LogP contribution is -2.33. The second kappa shape index (κ2) is 8.58. The summed E-state index contributed by atoms with van der Waals surface area (Å²) in [6.45, 7) is 11.2. The van der Waals surface area contributed by atoms with E-state index in [-0.39, 0.29) is 17.4 Å². The van der Waals surface area contributed by atoms with Crippen LogP contribution in [-0.2, 0) is 18.0 Å². The monoisotopic (exact) mass is 449 g/mol. The molecule has 0 aromatic carbocycles. The number of fused-ring (bicyclic) bond motifs is 1. The highest BCUT2D eigenvalue weighted by Crippen LogP contribution is 2.24. The normalized spacial score (nSPS) is 12.6. The number of aromatic nitrogens is 5. The molecule has 10 heteroatoms. The lowest BCUT2D eigenvalue weighted by atomic mass is 10.1. The highest BCUT2D eigenvalue weighted by atomic mass is 35.5. The number of hydrogen-bond acceptors (Lipinski definition) is 6. The molecule has 0 fully saturated rings. The van der Waals surface area contributed by atoms with Gasteiger partial charge in [-0.25, -0.2) is 9.67 Å². The second-order valence-electron chi connectivity index (χ2n) is 9.26. The minimum Gasteiger partial charge on any atom is -0.389 e. The number of rotatable bonds is 8. The maximum atomic E-state index is 12.9. The Kier molecular flexibility index (Phi) is 6.47. The van der Waals surface area contributed by atoms with Gasteiger partial charge >= 0.3 is 0 Å². The van der Waals surface area contributed by atoms with Crippen molar-refractivity contribution in [3.05, 3.63) is 40.3 Å². The minimum absolute atomic E-state index is 0.00551. The first kappa shape index (κ1) is 22.6. The maximum Gasteiger partial charge on any atom is 0.262 e. The SMILES string of the molecule is CC(C)(O)Cn1c(Cl)nc2c(-c3cnn(COCC[Si](C)(C)C)c3)nccc2c1=O. The molecule has 0 aliphatic rings. The zero-order valence-electron chi connectivity index (χ0n) is 18.0. The summed E-state index contributed by atoms with van der Waals surface area (Å²) in [6, 6.07) is 2.70. The molecule has 3 aromatic heterocycles. The Morgan fingerprint density at radius 2 is 2.03 bits per heavy atom. The Hall–Kier alpha value is -2.07. The van der Waals surface area contributed by atoms with Crippen LogP contribution < -0.4 is 5.56 Å². The number of aliphatic hydroxyl groups is 1. The fourth-order valence-corrected chi connectivity index (χ4v) is 3.93. The Labute approximate surface area is 181 Å². The third-order valence-electron chi connectivity index (χ3n) is 4.50. The van der Waals surface area contributed by atoms with Gasteiger partial charge in [0.2, 0.25) is 5.28 Å². The minimum atomic E-state index is -1.14. The molecular formula is C20H28ClN5O3Si. The summed E-state index contributed by atoms with van der Waals surface area (Å²) in [5.74, 6) is 0. The van der Waals surface area contributed by atoms with Crippen molar-refractivity contribution < 1.29 is 9.84 Å². The third-order valence-corrected chi connectivity index (χ3v) is 6.49. The van der Waals surface area contributed by atoms with Gasteiger partial charge in [-0.3, -0.25) is 14.3 Å². The molecule has 0 bridgehead atoms. The summed E-state index contributed by atoms with van der Waals surface area (Å²) in [4.78, 5) is 21.7. The molecule has 30 heavy (non-hydrogen) atoms. The summed E-state index contributed by atoms with van der Waals surface area (Å²) >= 11 is 6.28. The van der Waals surface area contributed by atoms with E-state index in [2.05, 4.69) is 34.7 Å². The van der Waals surface area contributed by atoms with Gasteiger partial charge in [0.25, 0.3) is 5.56 Å². The number of hydrogen-bond donors (Lipinski definition) is 1. The number of halogens is 1. The zero-order valence-corrected chi connectivity index (χ0v) is 19.8. The third kappa shape index (κ3) is 5.54. The first-order chi connectivity index (χ1) is 13.9. The zero-order chi connectivity index (χ0) is 22.1. The van der Waals surface area contributed by atoms with Crippen molar-refractivity contribution >= 4 is 30.6 Å². The van der Waals surface area contributed by atoms with Crippen LogP contribution in [0.5, 0.6) is 0 Å². The largest absolute Gasteiger partial charge is 0.389 e. The van der Waals surface area contributed by atoms with Gasteiger partial charge in [-0.15, -0.1) is 0 Å². The number of nitrogens with zero attached hydrogens (tertiary/aromatic N) is 5. The van der Waals surface area contributed by atoms with Crippen molar-refractivity contribution in [1.29, 1.82) is 0 Å². The molecule has 0 amide bonds. The summed E-state index contributed by atoms with van der Waals surface area (Å²) < 4.78 is 8.69. The smallest absolute Gasteiger partial charge is 0.262 e. The topological polar surface area (TPSA) is 95.1 Å². The molecule has 3 heterocycles. The van der Waals surface area contributed by atoms with Crippen LogP contribution in [0, 0.1) is 0 Å². The Bertz CT molecular complexity index is 1100. The maximum absolute atomic E-state index is 12.9. The van der Waals surface area contributed by atoms with E-state index < -0.39 is 13.7 Å². The van der Waals surface area contributed by atoms with E-state index in [0.717, 1.165) is 11.6 Å². The van der Waals surface area contributed by atoms with Crippen molar-refractivity contribution in [2.24, 2.45) is 0 Å². The Morgan fingerprint density at radius 1 is 1.30 bits per heavy atom. The van der Waals surface area contributed by atoms with Gasteiger partial charge in [0, 0.05) is 32.6 Å². The first-order valence-corrected chi connectivity index (χ1v) is 13.9. The van der Waals surface area contributed by atoms with Gasteiger partial charge in [0.1, 0.15) is 12.2 Å². The summed E-state index contributed by atoms with van der Waals surface area (Å²) in [7, 11) is -1.14. The first-order valence-electron chi connectivity index (χ1n) is 9.83. The van der Waals surface area contributed by atoms with E-state index in [1.54, 1.807) is 37.0 Å². The van der Waals surface area contributed by atoms with Crippen LogP contribution in [0.1, 0.15) is 13.8 Å². The molecule has 162 valence electrons. The lowest BCUT2D eigenvalue weighted by molar-refractivity contribution is 0.0604. The van der Waals surface area contributed by atoms with Gasteiger partial charge in [0.15, 0.2) is 0 Å². The molecule has 1 N–H and O–H groups in total. The van der Waals surface area contributed by atoms with Crippen LogP contribution in [0.15, 0.2) is 29.5 Å². The van der Waals surface area contributed by atoms with Crippen molar-refractivity contribution in [3.8, 4) is 11.3 Å². The van der Waals surface area contributed by atoms with Crippen LogP contribution in [0.25, 0.3) is 22.2 Å². The second-order valence-corrected chi connectivity index (χ2v) is 15.2. The van der Waals surface area contributed by atoms with Gasteiger partial charge in [-0.1, -0.05) is 19.6 Å². The van der Waals surface area contributed by atoms with Crippen LogP contribution >= 0.6 is 11.6 Å². The predicted octanol–water partition coefficient (Wildman–Crippen LogP) is 3.39. The number of ether oxygens (including phenoxy) is 1. The average molecular weight is 450 g/mol. The summed E-state index contributed by atoms with van der Waals surface area (Å²) in [5, 5.41) is 14.8. The molecule has 0 unspecified atom stereocenters. The predicted molar refractivity (Wildman–Crippen MR) is 120 cm³/mol. The van der Waals surface area contributed by atoms with Crippen molar-refractivity contribution in [1.82, 2.24) is 24.3 Å². The van der Waals surface area contributed by atoms with E-state index in [9.17, 15) is 9.90 Å². The molecule has 0 atom stereocenters. The Morgan fingerprint density at radius 3 is 2.70 bits per heavy atom. The van der Waals surface area contributed by atoms with E-state index in [1.807, 2.05) is 6.20 Å². The van der Waals surface area contributed by atoms with E-state index in [4.69, 9.17) is 16.3 Å². The molecule has 0 aliphatic heterocycles. The molecule has 0 aliphatic carbocycles. The van der Waals surface area contributed by atoms with E-state index in [1.165, 1.54) is 4.57 Å². The Balaban J connectivity index is 1.89. The quantitative estimate of drug-likeness (QED) is 0.321. The van der Waals surface area contributed by atoms with Crippen LogP contribution in [0.2, 0.25) is 31.0 Å². The van der Waals surface area contributed by atoms with Gasteiger partial charge < -0.3 is 9.84 Å². The molecule has 0 saturated carbocycles. The molecule has 3 rings (SSSR count). The van der Waals surface area contributed by atoms with Gasteiger partial charge in [0.05, 0.1) is 29.4 Å². The lowest BCUT2D eigenvalue weighted by Gasteiger charge is -2.19. The number of pyridine rings is 1. The fraction of sp³-hybridized carbons (Fsp3) is 0.500. The summed E-state index contributed by atoms with van der Waals surface area (Å²) in [6.07, 6.45) is 5.04. The van der Waals surface area contributed by atoms with Crippen LogP contribution in [0.3, 0.4) is 0 Å².